The number of rotatable bonds is 0. The zero-order chi connectivity index (χ0) is 18.7. The van der Waals surface area contributed by atoms with Gasteiger partial charge in [-0.2, -0.15) is 0 Å². The molecule has 148 valence electrons. The Kier molecular flexibility index (Phi) is 20.3. The molecule has 4 aromatic rings. The lowest BCUT2D eigenvalue weighted by Gasteiger charge is -1.82. The number of aromatic nitrogens is 2. The van der Waals surface area contributed by atoms with E-state index in [4.69, 9.17) is 0 Å². The first-order valence-electron chi connectivity index (χ1n) is 8.52. The van der Waals surface area contributed by atoms with Crippen LogP contribution in [0, 0.1) is 13.8 Å². The molecule has 2 nitrogen and oxygen atoms in total. The van der Waals surface area contributed by atoms with Gasteiger partial charge in [0, 0.05) is 24.8 Å². The Labute approximate surface area is 181 Å². The maximum atomic E-state index is 3.78. The lowest BCUT2D eigenvalue weighted by Crippen LogP contribution is -1.62. The summed E-state index contributed by atoms with van der Waals surface area (Å²) in [5.74, 6) is 0. The van der Waals surface area contributed by atoms with Crippen LogP contribution in [0.2, 0.25) is 0 Å². The monoisotopic (exact) mass is 414 g/mol. The molecule has 0 aliphatic rings. The highest BCUT2D eigenvalue weighted by atomic mass is 35.5. The summed E-state index contributed by atoms with van der Waals surface area (Å²) in [7, 11) is 0. The SMILES string of the molecule is Cc1ccccc1.Cc1ccccc1.Cl.Cl.c1ccncc1.c1ccncc1. The predicted molar refractivity (Wildman–Crippen MR) is 125 cm³/mol. The molecule has 28 heavy (non-hydrogen) atoms. The van der Waals surface area contributed by atoms with Gasteiger partial charge in [0.1, 0.15) is 0 Å². The molecule has 2 aromatic carbocycles. The summed E-state index contributed by atoms with van der Waals surface area (Å²) in [6.45, 7) is 4.17. The number of benzene rings is 2. The molecule has 0 aliphatic heterocycles. The molecule has 0 unspecified atom stereocenters. The average molecular weight is 415 g/mol. The maximum Gasteiger partial charge on any atom is 0.0267 e. The molecule has 0 fully saturated rings. The molecule has 0 radical (unpaired) electrons. The number of nitrogens with zero attached hydrogens (tertiary/aromatic N) is 2. The van der Waals surface area contributed by atoms with Gasteiger partial charge in [0.25, 0.3) is 0 Å². The van der Waals surface area contributed by atoms with Crippen LogP contribution < -0.4 is 0 Å². The van der Waals surface area contributed by atoms with Crippen molar-refractivity contribution in [1.82, 2.24) is 9.97 Å². The van der Waals surface area contributed by atoms with E-state index in [0.29, 0.717) is 0 Å². The quantitative estimate of drug-likeness (QED) is 0.309. The molecule has 0 saturated carbocycles. The van der Waals surface area contributed by atoms with E-state index in [1.165, 1.54) is 11.1 Å². The van der Waals surface area contributed by atoms with Crippen molar-refractivity contribution in [2.45, 2.75) is 13.8 Å². The topological polar surface area (TPSA) is 25.8 Å². The van der Waals surface area contributed by atoms with E-state index in [1.807, 2.05) is 72.8 Å². The molecule has 0 spiro atoms. The minimum Gasteiger partial charge on any atom is -0.265 e. The van der Waals surface area contributed by atoms with Crippen molar-refractivity contribution in [2.24, 2.45) is 0 Å². The van der Waals surface area contributed by atoms with Crippen LogP contribution in [-0.4, -0.2) is 9.97 Å². The molecule has 4 heteroatoms. The van der Waals surface area contributed by atoms with Crippen LogP contribution in [0.4, 0.5) is 0 Å². The highest BCUT2D eigenvalue weighted by molar-refractivity contribution is 5.85. The van der Waals surface area contributed by atoms with Gasteiger partial charge in [0.2, 0.25) is 0 Å². The Bertz CT molecular complexity index is 631. The minimum absolute atomic E-state index is 0. The third kappa shape index (κ3) is 18.1. The van der Waals surface area contributed by atoms with Crippen LogP contribution in [0.5, 0.6) is 0 Å². The fraction of sp³-hybridized carbons (Fsp3) is 0.0833. The number of aryl methyl sites for hydroxylation is 2. The van der Waals surface area contributed by atoms with Crippen molar-refractivity contribution in [3.05, 3.63) is 133 Å². The zero-order valence-corrected chi connectivity index (χ0v) is 17.9. The van der Waals surface area contributed by atoms with Crippen LogP contribution in [0.25, 0.3) is 0 Å². The van der Waals surface area contributed by atoms with Crippen molar-refractivity contribution in [2.75, 3.05) is 0 Å². The van der Waals surface area contributed by atoms with E-state index < -0.39 is 0 Å². The van der Waals surface area contributed by atoms with Crippen molar-refractivity contribution < 1.29 is 0 Å². The molecular formula is C24H28Cl2N2. The van der Waals surface area contributed by atoms with Crippen LogP contribution in [0.1, 0.15) is 11.1 Å². The van der Waals surface area contributed by atoms with E-state index in [2.05, 4.69) is 48.1 Å². The molecule has 0 N–H and O–H groups in total. The Hall–Kier alpha value is -2.68. The Morgan fingerprint density at radius 3 is 0.750 bits per heavy atom. The van der Waals surface area contributed by atoms with Crippen LogP contribution in [0.3, 0.4) is 0 Å². The average Bonchev–Trinajstić information content (AvgIpc) is 2.73. The standard InChI is InChI=1S/2C7H8.2C5H5N.2ClH/c2*1-7-5-3-2-4-6-7;2*1-2-4-6-5-3-1;;/h2*2-6H,1H3;2*1-5H;2*1H. The van der Waals surface area contributed by atoms with E-state index in [0.717, 1.165) is 0 Å². The fourth-order valence-corrected chi connectivity index (χ4v) is 1.69. The number of hydrogen-bond donors (Lipinski definition) is 0. The summed E-state index contributed by atoms with van der Waals surface area (Å²) in [5.41, 5.74) is 2.64. The van der Waals surface area contributed by atoms with Gasteiger partial charge in [-0.15, -0.1) is 24.8 Å². The van der Waals surface area contributed by atoms with Gasteiger partial charge < -0.3 is 0 Å². The molecule has 2 aromatic heterocycles. The molecule has 0 saturated heterocycles. The van der Waals surface area contributed by atoms with Crippen molar-refractivity contribution in [3.63, 3.8) is 0 Å². The summed E-state index contributed by atoms with van der Waals surface area (Å²) >= 11 is 0. The van der Waals surface area contributed by atoms with E-state index in [9.17, 15) is 0 Å². The second kappa shape index (κ2) is 20.6. The second-order valence-electron chi connectivity index (χ2n) is 5.36. The normalized spacial score (nSPS) is 7.79. The van der Waals surface area contributed by atoms with Crippen LogP contribution >= 0.6 is 24.8 Å². The molecular weight excluding hydrogens is 387 g/mol. The maximum absolute atomic E-state index is 3.78. The van der Waals surface area contributed by atoms with Gasteiger partial charge >= 0.3 is 0 Å². The van der Waals surface area contributed by atoms with E-state index in [1.54, 1.807) is 24.8 Å². The smallest absolute Gasteiger partial charge is 0.0267 e. The summed E-state index contributed by atoms with van der Waals surface area (Å²) in [6, 6.07) is 32.0. The molecule has 0 aliphatic carbocycles. The Balaban J connectivity index is 0. The summed E-state index contributed by atoms with van der Waals surface area (Å²) in [5, 5.41) is 0. The van der Waals surface area contributed by atoms with Gasteiger partial charge in [-0.05, 0) is 38.1 Å². The minimum atomic E-state index is 0. The zero-order valence-electron chi connectivity index (χ0n) is 16.3. The highest BCUT2D eigenvalue weighted by Crippen LogP contribution is 1.92. The summed E-state index contributed by atoms with van der Waals surface area (Å²) in [4.78, 5) is 7.57. The number of pyridine rings is 2. The van der Waals surface area contributed by atoms with Gasteiger partial charge in [-0.1, -0.05) is 83.9 Å². The van der Waals surface area contributed by atoms with Crippen LogP contribution in [-0.2, 0) is 0 Å². The fourth-order valence-electron chi connectivity index (χ4n) is 1.69. The lowest BCUT2D eigenvalue weighted by molar-refractivity contribution is 1.33. The van der Waals surface area contributed by atoms with Gasteiger partial charge in [-0.25, -0.2) is 0 Å². The first-order chi connectivity index (χ1) is 12.8. The lowest BCUT2D eigenvalue weighted by atomic mass is 10.2. The van der Waals surface area contributed by atoms with Crippen molar-refractivity contribution in [3.8, 4) is 0 Å². The molecule has 0 amide bonds. The largest absolute Gasteiger partial charge is 0.265 e. The molecule has 0 bridgehead atoms. The Morgan fingerprint density at radius 2 is 0.643 bits per heavy atom. The van der Waals surface area contributed by atoms with Crippen LogP contribution in [0.15, 0.2) is 122 Å². The van der Waals surface area contributed by atoms with Gasteiger partial charge in [0.15, 0.2) is 0 Å². The molecule has 0 atom stereocenters. The number of halogens is 2. The van der Waals surface area contributed by atoms with Crippen molar-refractivity contribution in [1.29, 1.82) is 0 Å². The number of hydrogen-bond acceptors (Lipinski definition) is 2. The predicted octanol–water partition coefficient (Wildman–Crippen LogP) is 7.00. The molecule has 4 rings (SSSR count). The van der Waals surface area contributed by atoms with E-state index in [-0.39, 0.29) is 24.8 Å². The third-order valence-electron chi connectivity index (χ3n) is 3.01. The highest BCUT2D eigenvalue weighted by Gasteiger charge is 1.72. The summed E-state index contributed by atoms with van der Waals surface area (Å²) in [6.07, 6.45) is 7.00. The van der Waals surface area contributed by atoms with Gasteiger partial charge in [-0.3, -0.25) is 9.97 Å². The second-order valence-corrected chi connectivity index (χ2v) is 5.36. The van der Waals surface area contributed by atoms with Gasteiger partial charge in [0.05, 0.1) is 0 Å². The Morgan fingerprint density at radius 1 is 0.393 bits per heavy atom. The van der Waals surface area contributed by atoms with Crippen molar-refractivity contribution >= 4 is 24.8 Å². The summed E-state index contributed by atoms with van der Waals surface area (Å²) < 4.78 is 0. The first kappa shape index (κ1) is 27.5. The van der Waals surface area contributed by atoms with E-state index >= 15 is 0 Å². The molecule has 2 heterocycles. The first-order valence-corrected chi connectivity index (χ1v) is 8.52. The third-order valence-corrected chi connectivity index (χ3v) is 3.01.